The Morgan fingerprint density at radius 3 is 1.80 bits per heavy atom. The van der Waals surface area contributed by atoms with Crippen LogP contribution in [0.25, 0.3) is 0 Å². The highest BCUT2D eigenvalue weighted by molar-refractivity contribution is 5.15. The van der Waals surface area contributed by atoms with E-state index in [0.29, 0.717) is 0 Å². The summed E-state index contributed by atoms with van der Waals surface area (Å²) < 4.78 is 0. The lowest BCUT2D eigenvalue weighted by molar-refractivity contribution is 0.810. The molecule has 0 heterocycles. The van der Waals surface area contributed by atoms with Gasteiger partial charge < -0.3 is 5.73 Å². The van der Waals surface area contributed by atoms with E-state index in [1.165, 1.54) is 11.1 Å². The first-order chi connectivity index (χ1) is 4.63. The minimum atomic E-state index is 0.231. The van der Waals surface area contributed by atoms with Gasteiger partial charge in [-0.15, -0.1) is 0 Å². The third kappa shape index (κ3) is 2.53. The average Bonchev–Trinajstić information content (AvgIpc) is 1.90. The van der Waals surface area contributed by atoms with Gasteiger partial charge in [-0.2, -0.15) is 0 Å². The minimum Gasteiger partial charge on any atom is -0.324 e. The molecule has 0 saturated heterocycles. The fraction of sp³-hybridized carbons (Fsp3) is 0.778. The second-order valence-electron chi connectivity index (χ2n) is 2.78. The van der Waals surface area contributed by atoms with Crippen molar-refractivity contribution in [2.45, 2.75) is 46.6 Å². The highest BCUT2D eigenvalue weighted by Gasteiger charge is 2.01. The summed E-state index contributed by atoms with van der Waals surface area (Å²) in [4.78, 5) is 0. The van der Waals surface area contributed by atoms with Crippen LogP contribution in [0.4, 0.5) is 0 Å². The molecule has 2 N–H and O–H groups in total. The van der Waals surface area contributed by atoms with Crippen molar-refractivity contribution in [1.29, 1.82) is 0 Å². The van der Waals surface area contributed by atoms with Crippen LogP contribution in [0.5, 0.6) is 0 Å². The number of rotatable bonds is 3. The van der Waals surface area contributed by atoms with Crippen LogP contribution in [-0.4, -0.2) is 6.04 Å². The van der Waals surface area contributed by atoms with Crippen molar-refractivity contribution in [3.8, 4) is 0 Å². The molecule has 1 atom stereocenters. The normalized spacial score (nSPS) is 12.9. The first kappa shape index (κ1) is 9.70. The number of hydrogen-bond donors (Lipinski definition) is 1. The summed E-state index contributed by atoms with van der Waals surface area (Å²) >= 11 is 0. The molecule has 0 rings (SSSR count). The third-order valence-corrected chi connectivity index (χ3v) is 2.09. The van der Waals surface area contributed by atoms with Gasteiger partial charge in [0.15, 0.2) is 0 Å². The van der Waals surface area contributed by atoms with Crippen LogP contribution < -0.4 is 5.73 Å². The molecule has 0 aliphatic carbocycles. The van der Waals surface area contributed by atoms with Crippen molar-refractivity contribution in [3.05, 3.63) is 11.1 Å². The average molecular weight is 141 g/mol. The van der Waals surface area contributed by atoms with Crippen molar-refractivity contribution < 1.29 is 0 Å². The predicted molar refractivity (Wildman–Crippen MR) is 46.9 cm³/mol. The molecule has 1 unspecified atom stereocenters. The van der Waals surface area contributed by atoms with Gasteiger partial charge in [0.1, 0.15) is 0 Å². The van der Waals surface area contributed by atoms with Gasteiger partial charge in [-0.1, -0.05) is 25.0 Å². The molecule has 1 nitrogen and oxygen atoms in total. The topological polar surface area (TPSA) is 26.0 Å². The molecule has 0 radical (unpaired) electrons. The van der Waals surface area contributed by atoms with Gasteiger partial charge in [0.25, 0.3) is 0 Å². The lowest BCUT2D eigenvalue weighted by Gasteiger charge is -2.11. The van der Waals surface area contributed by atoms with E-state index in [1.54, 1.807) is 0 Å². The van der Waals surface area contributed by atoms with Crippen LogP contribution in [0.1, 0.15) is 40.5 Å². The Hall–Kier alpha value is -0.300. The third-order valence-electron chi connectivity index (χ3n) is 2.09. The summed E-state index contributed by atoms with van der Waals surface area (Å²) in [6.45, 7) is 8.54. The zero-order chi connectivity index (χ0) is 8.15. The maximum Gasteiger partial charge on any atom is 0.0224 e. The monoisotopic (exact) mass is 141 g/mol. The lowest BCUT2D eigenvalue weighted by atomic mass is 10.0. The molecule has 0 aromatic rings. The molecule has 1 heteroatoms. The van der Waals surface area contributed by atoms with Gasteiger partial charge in [-0.3, -0.25) is 0 Å². The van der Waals surface area contributed by atoms with Crippen LogP contribution in [0.3, 0.4) is 0 Å². The maximum absolute atomic E-state index is 5.73. The number of nitrogens with two attached hydrogens (primary N) is 1. The molecule has 0 bridgehead atoms. The fourth-order valence-electron chi connectivity index (χ4n) is 1.13. The summed E-state index contributed by atoms with van der Waals surface area (Å²) in [5.41, 5.74) is 8.61. The molecule has 0 aliphatic heterocycles. The summed E-state index contributed by atoms with van der Waals surface area (Å²) in [6.07, 6.45) is 2.29. The van der Waals surface area contributed by atoms with Gasteiger partial charge in [-0.25, -0.2) is 0 Å². The molecule has 10 heavy (non-hydrogen) atoms. The zero-order valence-corrected chi connectivity index (χ0v) is 7.57. The van der Waals surface area contributed by atoms with Crippen molar-refractivity contribution in [3.63, 3.8) is 0 Å². The zero-order valence-electron chi connectivity index (χ0n) is 7.57. The van der Waals surface area contributed by atoms with Crippen LogP contribution in [0.15, 0.2) is 11.1 Å². The maximum atomic E-state index is 5.73. The molecule has 0 amide bonds. The second-order valence-corrected chi connectivity index (χ2v) is 2.78. The summed E-state index contributed by atoms with van der Waals surface area (Å²) in [6, 6.07) is 0.231. The minimum absolute atomic E-state index is 0.231. The van der Waals surface area contributed by atoms with E-state index >= 15 is 0 Å². The molecular formula is C9H19N. The highest BCUT2D eigenvalue weighted by Crippen LogP contribution is 2.13. The Bertz CT molecular complexity index is 117. The van der Waals surface area contributed by atoms with E-state index in [1.807, 2.05) is 6.92 Å². The molecule has 0 saturated carbocycles. The summed E-state index contributed by atoms with van der Waals surface area (Å²) in [5, 5.41) is 0. The van der Waals surface area contributed by atoms with Crippen molar-refractivity contribution in [1.82, 2.24) is 0 Å². The Morgan fingerprint density at radius 2 is 1.70 bits per heavy atom. The summed E-state index contributed by atoms with van der Waals surface area (Å²) in [7, 11) is 0. The van der Waals surface area contributed by atoms with E-state index in [2.05, 4.69) is 20.8 Å². The van der Waals surface area contributed by atoms with E-state index in [-0.39, 0.29) is 6.04 Å². The van der Waals surface area contributed by atoms with Gasteiger partial charge in [0.05, 0.1) is 0 Å². The Kier molecular flexibility index (Phi) is 4.37. The Labute approximate surface area is 64.3 Å². The van der Waals surface area contributed by atoms with Crippen molar-refractivity contribution >= 4 is 0 Å². The second kappa shape index (κ2) is 4.51. The number of allylic oxidation sites excluding steroid dienone is 1. The molecular weight excluding hydrogens is 122 g/mol. The quantitative estimate of drug-likeness (QED) is 0.600. The van der Waals surface area contributed by atoms with Crippen molar-refractivity contribution in [2.75, 3.05) is 0 Å². The molecule has 0 spiro atoms. The Morgan fingerprint density at radius 1 is 1.30 bits per heavy atom. The van der Waals surface area contributed by atoms with Crippen LogP contribution in [0, 0.1) is 0 Å². The first-order valence-electron chi connectivity index (χ1n) is 4.07. The van der Waals surface area contributed by atoms with Gasteiger partial charge in [0, 0.05) is 6.04 Å². The summed E-state index contributed by atoms with van der Waals surface area (Å²) in [5.74, 6) is 0. The molecule has 0 aromatic carbocycles. The largest absolute Gasteiger partial charge is 0.324 e. The van der Waals surface area contributed by atoms with Gasteiger partial charge in [-0.05, 0) is 26.7 Å². The molecule has 60 valence electrons. The predicted octanol–water partition coefficient (Wildman–Crippen LogP) is 2.47. The van der Waals surface area contributed by atoms with E-state index in [4.69, 9.17) is 5.73 Å². The number of hydrogen-bond acceptors (Lipinski definition) is 1. The highest BCUT2D eigenvalue weighted by atomic mass is 14.6. The SMILES string of the molecule is CCC(CC)=C(C)C(C)N. The molecule has 0 aromatic heterocycles. The standard InChI is InChI=1S/C9H19N/c1-5-9(6-2)7(3)8(4)10/h8H,5-6,10H2,1-4H3. The van der Waals surface area contributed by atoms with E-state index in [9.17, 15) is 0 Å². The fourth-order valence-corrected chi connectivity index (χ4v) is 1.13. The van der Waals surface area contributed by atoms with Gasteiger partial charge in [0.2, 0.25) is 0 Å². The lowest BCUT2D eigenvalue weighted by Crippen LogP contribution is -2.17. The van der Waals surface area contributed by atoms with Crippen LogP contribution >= 0.6 is 0 Å². The van der Waals surface area contributed by atoms with Crippen molar-refractivity contribution in [2.24, 2.45) is 5.73 Å². The first-order valence-corrected chi connectivity index (χ1v) is 4.07. The van der Waals surface area contributed by atoms with Crippen LogP contribution in [-0.2, 0) is 0 Å². The van der Waals surface area contributed by atoms with E-state index in [0.717, 1.165) is 12.8 Å². The van der Waals surface area contributed by atoms with Crippen LogP contribution in [0.2, 0.25) is 0 Å². The molecule has 0 aliphatic rings. The van der Waals surface area contributed by atoms with Gasteiger partial charge >= 0.3 is 0 Å². The Balaban J connectivity index is 4.27. The smallest absolute Gasteiger partial charge is 0.0224 e. The molecule has 0 fully saturated rings. The van der Waals surface area contributed by atoms with E-state index < -0.39 is 0 Å².